The lowest BCUT2D eigenvalue weighted by Gasteiger charge is -2.32. The van der Waals surface area contributed by atoms with Gasteiger partial charge in [-0.1, -0.05) is 66.2 Å². The minimum atomic E-state index is -1.14. The van der Waals surface area contributed by atoms with Gasteiger partial charge in [0.05, 0.1) is 23.5 Å². The number of thiazole rings is 1. The van der Waals surface area contributed by atoms with Crippen molar-refractivity contribution in [1.82, 2.24) is 9.88 Å². The first-order valence-corrected chi connectivity index (χ1v) is 16.0. The third-order valence-electron chi connectivity index (χ3n) is 7.82. The number of hydrogen-bond donors (Lipinski definition) is 1. The maximum absolute atomic E-state index is 14.4. The maximum Gasteiger partial charge on any atom is 0.299 e. The molecule has 2 heterocycles. The summed E-state index contributed by atoms with van der Waals surface area (Å²) in [4.78, 5) is 63.7. The van der Waals surface area contributed by atoms with Gasteiger partial charge in [0.1, 0.15) is 17.6 Å². The fraction of sp³-hybridized carbons (Fsp3) is 0.139. The number of hydrogen-bond acceptors (Lipinski definition) is 7. The van der Waals surface area contributed by atoms with E-state index in [1.807, 2.05) is 66.8 Å². The standard InChI is InChI=1S/C36H30ClN5O4S/c1-40(2)27-18-16-26(17-19-27)38-35(45)33(24-12-14-25(37)15-13-24)42(20-31-39-29(22-47-31)23-8-4-3-5-9-23)32(43)21-41-30-11-7-6-10-28(30)34(44)36(41)46/h3-19,22,33H,20-21H2,1-2H3,(H,38,45). The second kappa shape index (κ2) is 13.6. The molecule has 236 valence electrons. The van der Waals surface area contributed by atoms with Crippen molar-refractivity contribution in [2.45, 2.75) is 12.6 Å². The molecule has 6 rings (SSSR count). The molecule has 5 aromatic rings. The van der Waals surface area contributed by atoms with E-state index in [0.29, 0.717) is 27.0 Å². The second-order valence-electron chi connectivity index (χ2n) is 11.1. The average molecular weight is 664 g/mol. The summed E-state index contributed by atoms with van der Waals surface area (Å²) in [6, 6.07) is 29.1. The second-order valence-corrected chi connectivity index (χ2v) is 12.5. The Bertz CT molecular complexity index is 1940. The van der Waals surface area contributed by atoms with Crippen molar-refractivity contribution >= 4 is 63.5 Å². The van der Waals surface area contributed by atoms with Gasteiger partial charge in [-0.3, -0.25) is 24.1 Å². The van der Waals surface area contributed by atoms with Crippen LogP contribution in [0.25, 0.3) is 11.3 Å². The average Bonchev–Trinajstić information content (AvgIpc) is 3.65. The lowest BCUT2D eigenvalue weighted by molar-refractivity contribution is -0.139. The van der Waals surface area contributed by atoms with Crippen molar-refractivity contribution in [3.8, 4) is 11.3 Å². The first-order valence-electron chi connectivity index (χ1n) is 14.8. The number of Topliss-reactive ketones (excluding diaryl/α,β-unsaturated/α-hetero) is 1. The molecule has 0 fully saturated rings. The molecule has 47 heavy (non-hydrogen) atoms. The number of fused-ring (bicyclic) bond motifs is 1. The molecule has 0 radical (unpaired) electrons. The van der Waals surface area contributed by atoms with Gasteiger partial charge in [0.15, 0.2) is 0 Å². The highest BCUT2D eigenvalue weighted by molar-refractivity contribution is 7.09. The number of nitrogens with one attached hydrogen (secondary N) is 1. The number of rotatable bonds is 10. The van der Waals surface area contributed by atoms with Crippen LogP contribution in [-0.4, -0.2) is 54.0 Å². The summed E-state index contributed by atoms with van der Waals surface area (Å²) in [6.07, 6.45) is 0. The molecule has 1 atom stereocenters. The van der Waals surface area contributed by atoms with Crippen LogP contribution in [0.2, 0.25) is 5.02 Å². The van der Waals surface area contributed by atoms with Crippen molar-refractivity contribution < 1.29 is 19.2 Å². The van der Waals surface area contributed by atoms with E-state index in [0.717, 1.165) is 16.9 Å². The van der Waals surface area contributed by atoms with Gasteiger partial charge in [-0.05, 0) is 54.1 Å². The molecule has 11 heteroatoms. The molecule has 0 bridgehead atoms. The molecule has 1 aliphatic heterocycles. The van der Waals surface area contributed by atoms with E-state index >= 15 is 0 Å². The molecular formula is C36H30ClN5O4S. The van der Waals surface area contributed by atoms with Gasteiger partial charge < -0.3 is 15.1 Å². The van der Waals surface area contributed by atoms with E-state index in [1.54, 1.807) is 60.7 Å². The van der Waals surface area contributed by atoms with Crippen LogP contribution in [0.4, 0.5) is 17.1 Å². The summed E-state index contributed by atoms with van der Waals surface area (Å²) in [5.74, 6) is -2.49. The lowest BCUT2D eigenvalue weighted by Crippen LogP contribution is -2.46. The Morgan fingerprint density at radius 3 is 2.28 bits per heavy atom. The Balaban J connectivity index is 1.38. The van der Waals surface area contributed by atoms with E-state index in [9.17, 15) is 19.2 Å². The molecule has 9 nitrogen and oxygen atoms in total. The zero-order valence-corrected chi connectivity index (χ0v) is 27.2. The van der Waals surface area contributed by atoms with Crippen LogP contribution >= 0.6 is 22.9 Å². The molecule has 0 aliphatic carbocycles. The van der Waals surface area contributed by atoms with E-state index in [4.69, 9.17) is 16.6 Å². The monoisotopic (exact) mass is 663 g/mol. The van der Waals surface area contributed by atoms with Crippen molar-refractivity contribution in [3.63, 3.8) is 0 Å². The number of carbonyl (C=O) groups excluding carboxylic acids is 4. The number of benzene rings is 4. The van der Waals surface area contributed by atoms with E-state index in [1.165, 1.54) is 21.1 Å². The summed E-state index contributed by atoms with van der Waals surface area (Å²) in [5, 5.41) is 5.92. The number of halogens is 1. The molecular weight excluding hydrogens is 634 g/mol. The summed E-state index contributed by atoms with van der Waals surface area (Å²) in [6.45, 7) is -0.484. The first-order chi connectivity index (χ1) is 22.7. The van der Waals surface area contributed by atoms with Gasteiger partial charge in [-0.25, -0.2) is 4.98 Å². The number of para-hydroxylation sites is 1. The summed E-state index contributed by atoms with van der Waals surface area (Å²) < 4.78 is 0. The minimum Gasteiger partial charge on any atom is -0.378 e. The van der Waals surface area contributed by atoms with Crippen molar-refractivity contribution in [2.24, 2.45) is 0 Å². The minimum absolute atomic E-state index is 0.0335. The Hall–Kier alpha value is -5.32. The lowest BCUT2D eigenvalue weighted by atomic mass is 10.0. The van der Waals surface area contributed by atoms with Gasteiger partial charge >= 0.3 is 0 Å². The van der Waals surface area contributed by atoms with Crippen LogP contribution < -0.4 is 15.1 Å². The molecule has 1 N–H and O–H groups in total. The Morgan fingerprint density at radius 2 is 1.57 bits per heavy atom. The van der Waals surface area contributed by atoms with Crippen molar-refractivity contribution in [1.29, 1.82) is 0 Å². The topological polar surface area (TPSA) is 103 Å². The van der Waals surface area contributed by atoms with Crippen LogP contribution in [0.15, 0.2) is 109 Å². The van der Waals surface area contributed by atoms with Crippen LogP contribution in [0, 0.1) is 0 Å². The first kappa shape index (κ1) is 31.7. The summed E-state index contributed by atoms with van der Waals surface area (Å²) >= 11 is 7.58. The quantitative estimate of drug-likeness (QED) is 0.172. The van der Waals surface area contributed by atoms with Crippen LogP contribution in [0.5, 0.6) is 0 Å². The summed E-state index contributed by atoms with van der Waals surface area (Å²) in [5.41, 5.74) is 4.25. The number of anilines is 3. The number of carbonyl (C=O) groups is 4. The SMILES string of the molecule is CN(C)c1ccc(NC(=O)C(c2ccc(Cl)cc2)N(Cc2nc(-c3ccccc3)cs2)C(=O)CN2C(=O)C(=O)c3ccccc32)cc1. The normalized spacial score (nSPS) is 12.9. The maximum atomic E-state index is 14.4. The van der Waals surface area contributed by atoms with Crippen LogP contribution in [-0.2, 0) is 20.9 Å². The van der Waals surface area contributed by atoms with Gasteiger partial charge in [0.25, 0.3) is 17.6 Å². The van der Waals surface area contributed by atoms with Crippen molar-refractivity contribution in [2.75, 3.05) is 35.8 Å². The molecule has 3 amide bonds. The third kappa shape index (κ3) is 6.79. The highest BCUT2D eigenvalue weighted by atomic mass is 35.5. The Morgan fingerprint density at radius 1 is 0.894 bits per heavy atom. The van der Waals surface area contributed by atoms with Gasteiger partial charge in [0.2, 0.25) is 5.91 Å². The molecule has 0 spiro atoms. The molecule has 1 aliphatic rings. The zero-order chi connectivity index (χ0) is 33.1. The largest absolute Gasteiger partial charge is 0.378 e. The molecule has 1 aromatic heterocycles. The van der Waals surface area contributed by atoms with Gasteiger partial charge in [0, 0.05) is 41.4 Å². The van der Waals surface area contributed by atoms with E-state index in [-0.39, 0.29) is 12.1 Å². The predicted octanol–water partition coefficient (Wildman–Crippen LogP) is 6.47. The van der Waals surface area contributed by atoms with Crippen LogP contribution in [0.3, 0.4) is 0 Å². The third-order valence-corrected chi connectivity index (χ3v) is 8.90. The highest BCUT2D eigenvalue weighted by Crippen LogP contribution is 2.32. The number of ketones is 1. The number of nitrogens with zero attached hydrogens (tertiary/aromatic N) is 4. The summed E-state index contributed by atoms with van der Waals surface area (Å²) in [7, 11) is 3.85. The van der Waals surface area contributed by atoms with Crippen LogP contribution in [0.1, 0.15) is 27.0 Å². The van der Waals surface area contributed by atoms with E-state index in [2.05, 4.69) is 5.32 Å². The number of aromatic nitrogens is 1. The molecule has 1 unspecified atom stereocenters. The van der Waals surface area contributed by atoms with Gasteiger partial charge in [-0.15, -0.1) is 11.3 Å². The predicted molar refractivity (Wildman–Crippen MR) is 185 cm³/mol. The molecule has 0 saturated heterocycles. The Kier molecular flexibility index (Phi) is 9.15. The van der Waals surface area contributed by atoms with E-state index < -0.39 is 36.1 Å². The zero-order valence-electron chi connectivity index (χ0n) is 25.6. The smallest absolute Gasteiger partial charge is 0.299 e. The van der Waals surface area contributed by atoms with Gasteiger partial charge in [-0.2, -0.15) is 0 Å². The fourth-order valence-electron chi connectivity index (χ4n) is 5.40. The Labute approximate surface area is 281 Å². The number of amides is 3. The molecule has 4 aromatic carbocycles. The van der Waals surface area contributed by atoms with Crippen molar-refractivity contribution in [3.05, 3.63) is 130 Å². The highest BCUT2D eigenvalue weighted by Gasteiger charge is 2.39. The molecule has 0 saturated carbocycles. The fourth-order valence-corrected chi connectivity index (χ4v) is 6.32.